The number of hydrogen-bond acceptors (Lipinski definition) is 3. The molecule has 3 nitrogen and oxygen atoms in total. The van der Waals surface area contributed by atoms with Crippen LogP contribution in [0.3, 0.4) is 0 Å². The van der Waals surface area contributed by atoms with Gasteiger partial charge < -0.3 is 16.2 Å². The Bertz CT molecular complexity index is 248. The zero-order chi connectivity index (χ0) is 8.27. The first-order chi connectivity index (χ1) is 5.27. The first kappa shape index (κ1) is 7.88. The molecule has 0 amide bonds. The number of nitrogen functional groups attached to an aromatic ring is 1. The second kappa shape index (κ2) is 3.25. The Morgan fingerprint density at radius 3 is 2.73 bits per heavy atom. The van der Waals surface area contributed by atoms with Gasteiger partial charge in [-0.05, 0) is 17.7 Å². The summed E-state index contributed by atoms with van der Waals surface area (Å²) < 4.78 is 5.01. The first-order valence-electron chi connectivity index (χ1n) is 3.40. The Morgan fingerprint density at radius 2 is 2.18 bits per heavy atom. The van der Waals surface area contributed by atoms with E-state index in [0.717, 1.165) is 5.56 Å². The topological polar surface area (TPSA) is 61.3 Å². The van der Waals surface area contributed by atoms with Crippen LogP contribution in [0.1, 0.15) is 5.56 Å². The molecule has 60 valence electrons. The van der Waals surface area contributed by atoms with Crippen LogP contribution in [-0.4, -0.2) is 7.11 Å². The third-order valence-corrected chi connectivity index (χ3v) is 1.53. The van der Waals surface area contributed by atoms with Crippen molar-refractivity contribution in [3.63, 3.8) is 0 Å². The molecule has 0 aliphatic rings. The smallest absolute Gasteiger partial charge is 0.142 e. The molecular weight excluding hydrogens is 140 g/mol. The number of hydrogen-bond donors (Lipinski definition) is 2. The van der Waals surface area contributed by atoms with E-state index in [4.69, 9.17) is 16.2 Å². The number of nitrogens with two attached hydrogens (primary N) is 2. The molecule has 4 N–H and O–H groups in total. The van der Waals surface area contributed by atoms with Crippen molar-refractivity contribution in [3.8, 4) is 5.75 Å². The summed E-state index contributed by atoms with van der Waals surface area (Å²) in [6.07, 6.45) is 0. The lowest BCUT2D eigenvalue weighted by atomic mass is 10.2. The Morgan fingerprint density at radius 1 is 1.45 bits per heavy atom. The van der Waals surface area contributed by atoms with Crippen LogP contribution in [0, 0.1) is 0 Å². The number of ether oxygens (including phenoxy) is 1. The second-order valence-corrected chi connectivity index (χ2v) is 2.28. The summed E-state index contributed by atoms with van der Waals surface area (Å²) in [6, 6.07) is 5.52. The van der Waals surface area contributed by atoms with E-state index in [9.17, 15) is 0 Å². The van der Waals surface area contributed by atoms with Gasteiger partial charge in [0.1, 0.15) is 5.75 Å². The summed E-state index contributed by atoms with van der Waals surface area (Å²) in [5.41, 5.74) is 12.7. The van der Waals surface area contributed by atoms with Gasteiger partial charge in [0.25, 0.3) is 0 Å². The van der Waals surface area contributed by atoms with Crippen molar-refractivity contribution in [1.29, 1.82) is 0 Å². The Hall–Kier alpha value is -1.22. The molecule has 0 fully saturated rings. The standard InChI is InChI=1S/C8H12N2O/c1-11-8-4-6(5-9)2-3-7(8)10/h2-4H,5,9-10H2,1H3. The van der Waals surface area contributed by atoms with Crippen LogP contribution < -0.4 is 16.2 Å². The van der Waals surface area contributed by atoms with Gasteiger partial charge in [-0.3, -0.25) is 0 Å². The van der Waals surface area contributed by atoms with Crippen LogP contribution in [-0.2, 0) is 6.54 Å². The van der Waals surface area contributed by atoms with E-state index in [1.54, 1.807) is 13.2 Å². The molecule has 0 aliphatic heterocycles. The molecule has 0 saturated carbocycles. The lowest BCUT2D eigenvalue weighted by molar-refractivity contribution is 0.416. The van der Waals surface area contributed by atoms with E-state index in [0.29, 0.717) is 18.0 Å². The van der Waals surface area contributed by atoms with Crippen molar-refractivity contribution in [2.24, 2.45) is 5.73 Å². The normalized spacial score (nSPS) is 9.64. The van der Waals surface area contributed by atoms with Gasteiger partial charge >= 0.3 is 0 Å². The summed E-state index contributed by atoms with van der Waals surface area (Å²) in [4.78, 5) is 0. The van der Waals surface area contributed by atoms with Crippen molar-refractivity contribution in [3.05, 3.63) is 23.8 Å². The number of methoxy groups -OCH3 is 1. The fourth-order valence-electron chi connectivity index (χ4n) is 0.883. The summed E-state index contributed by atoms with van der Waals surface area (Å²) in [6.45, 7) is 0.511. The highest BCUT2D eigenvalue weighted by Crippen LogP contribution is 2.21. The summed E-state index contributed by atoms with van der Waals surface area (Å²) in [5, 5.41) is 0. The quantitative estimate of drug-likeness (QED) is 0.614. The molecule has 1 aromatic rings. The van der Waals surface area contributed by atoms with E-state index in [1.165, 1.54) is 0 Å². The van der Waals surface area contributed by atoms with E-state index in [1.807, 2.05) is 12.1 Å². The van der Waals surface area contributed by atoms with Gasteiger partial charge in [0.05, 0.1) is 12.8 Å². The molecule has 0 saturated heterocycles. The predicted octanol–water partition coefficient (Wildman–Crippen LogP) is 0.736. The highest BCUT2D eigenvalue weighted by atomic mass is 16.5. The fourth-order valence-corrected chi connectivity index (χ4v) is 0.883. The zero-order valence-corrected chi connectivity index (χ0v) is 6.50. The summed E-state index contributed by atoms with van der Waals surface area (Å²) >= 11 is 0. The van der Waals surface area contributed by atoms with Crippen LogP contribution in [0.5, 0.6) is 5.75 Å². The molecule has 0 unspecified atom stereocenters. The molecule has 1 rings (SSSR count). The largest absolute Gasteiger partial charge is 0.495 e. The van der Waals surface area contributed by atoms with Gasteiger partial charge in [-0.15, -0.1) is 0 Å². The summed E-state index contributed by atoms with van der Waals surface area (Å²) in [5.74, 6) is 0.688. The summed E-state index contributed by atoms with van der Waals surface area (Å²) in [7, 11) is 1.59. The number of rotatable bonds is 2. The monoisotopic (exact) mass is 152 g/mol. The van der Waals surface area contributed by atoms with Crippen molar-refractivity contribution in [2.45, 2.75) is 6.54 Å². The lowest BCUT2D eigenvalue weighted by Gasteiger charge is -2.05. The molecule has 0 radical (unpaired) electrons. The average molecular weight is 152 g/mol. The first-order valence-corrected chi connectivity index (χ1v) is 3.40. The Labute approximate surface area is 66.0 Å². The van der Waals surface area contributed by atoms with Crippen LogP contribution in [0.25, 0.3) is 0 Å². The SMILES string of the molecule is COc1cc(CN)ccc1N. The minimum atomic E-state index is 0.511. The van der Waals surface area contributed by atoms with Gasteiger partial charge in [0.2, 0.25) is 0 Å². The molecule has 0 aromatic heterocycles. The van der Waals surface area contributed by atoms with Crippen LogP contribution in [0.2, 0.25) is 0 Å². The molecule has 0 spiro atoms. The van der Waals surface area contributed by atoms with E-state index >= 15 is 0 Å². The molecule has 1 aromatic carbocycles. The van der Waals surface area contributed by atoms with E-state index in [2.05, 4.69) is 0 Å². The van der Waals surface area contributed by atoms with Gasteiger partial charge in [0, 0.05) is 6.54 Å². The molecule has 0 heterocycles. The zero-order valence-electron chi connectivity index (χ0n) is 6.50. The van der Waals surface area contributed by atoms with Crippen LogP contribution in [0.15, 0.2) is 18.2 Å². The van der Waals surface area contributed by atoms with Crippen molar-refractivity contribution in [1.82, 2.24) is 0 Å². The predicted molar refractivity (Wildman–Crippen MR) is 45.3 cm³/mol. The van der Waals surface area contributed by atoms with Crippen molar-refractivity contribution < 1.29 is 4.74 Å². The fraction of sp³-hybridized carbons (Fsp3) is 0.250. The molecule has 3 heteroatoms. The highest BCUT2D eigenvalue weighted by Gasteiger charge is 1.98. The van der Waals surface area contributed by atoms with Crippen molar-refractivity contribution >= 4 is 5.69 Å². The Kier molecular flexibility index (Phi) is 2.33. The second-order valence-electron chi connectivity index (χ2n) is 2.28. The molecule has 11 heavy (non-hydrogen) atoms. The third kappa shape index (κ3) is 1.62. The van der Waals surface area contributed by atoms with Gasteiger partial charge in [-0.2, -0.15) is 0 Å². The van der Waals surface area contributed by atoms with Gasteiger partial charge in [-0.1, -0.05) is 6.07 Å². The maximum Gasteiger partial charge on any atom is 0.142 e. The minimum Gasteiger partial charge on any atom is -0.495 e. The average Bonchev–Trinajstić information content (AvgIpc) is 2.05. The molecule has 0 bridgehead atoms. The maximum atomic E-state index is 5.59. The molecule has 0 aliphatic carbocycles. The Balaban J connectivity index is 3.02. The number of anilines is 1. The van der Waals surface area contributed by atoms with Crippen LogP contribution in [0.4, 0.5) is 5.69 Å². The van der Waals surface area contributed by atoms with Crippen molar-refractivity contribution in [2.75, 3.05) is 12.8 Å². The van der Waals surface area contributed by atoms with E-state index in [-0.39, 0.29) is 0 Å². The van der Waals surface area contributed by atoms with Crippen LogP contribution >= 0.6 is 0 Å². The third-order valence-electron chi connectivity index (χ3n) is 1.53. The van der Waals surface area contributed by atoms with Gasteiger partial charge in [-0.25, -0.2) is 0 Å². The minimum absolute atomic E-state index is 0.511. The molecule has 0 atom stereocenters. The maximum absolute atomic E-state index is 5.59. The lowest BCUT2D eigenvalue weighted by Crippen LogP contribution is -1.98. The molecular formula is C8H12N2O. The van der Waals surface area contributed by atoms with Gasteiger partial charge in [0.15, 0.2) is 0 Å². The highest BCUT2D eigenvalue weighted by molar-refractivity contribution is 5.53. The number of benzene rings is 1. The van der Waals surface area contributed by atoms with E-state index < -0.39 is 0 Å².